The zero-order valence-electron chi connectivity index (χ0n) is 14.0. The second-order valence-corrected chi connectivity index (χ2v) is 7.73. The Balaban J connectivity index is 2.10. The molecule has 0 radical (unpaired) electrons. The van der Waals surface area contributed by atoms with Gasteiger partial charge >= 0.3 is 0 Å². The maximum atomic E-state index is 12.5. The van der Waals surface area contributed by atoms with Gasteiger partial charge in [0, 0.05) is 23.7 Å². The maximum absolute atomic E-state index is 12.5. The molecule has 2 aromatic rings. The molecule has 2 aromatic carbocycles. The van der Waals surface area contributed by atoms with Gasteiger partial charge in [-0.1, -0.05) is 49.2 Å². The molecule has 2 N–H and O–H groups in total. The largest absolute Gasteiger partial charge is 0.352 e. The average Bonchev–Trinajstić information content (AvgIpc) is 2.61. The summed E-state index contributed by atoms with van der Waals surface area (Å²) in [6.45, 7) is 2.68. The van der Waals surface area contributed by atoms with Gasteiger partial charge in [0.1, 0.15) is 0 Å². The number of sulfonamides is 1. The predicted molar refractivity (Wildman–Crippen MR) is 99.2 cm³/mol. The third-order valence-corrected chi connectivity index (χ3v) is 5.40. The molecule has 0 saturated heterocycles. The summed E-state index contributed by atoms with van der Waals surface area (Å²) in [5.74, 6) is -0.281. The van der Waals surface area contributed by atoms with Crippen LogP contribution in [0.1, 0.15) is 35.7 Å². The van der Waals surface area contributed by atoms with Crippen LogP contribution in [-0.4, -0.2) is 20.9 Å². The number of carbonyl (C=O) groups excluding carboxylic acids is 1. The highest BCUT2D eigenvalue weighted by atomic mass is 35.5. The van der Waals surface area contributed by atoms with Crippen molar-refractivity contribution in [3.63, 3.8) is 0 Å². The summed E-state index contributed by atoms with van der Waals surface area (Å²) in [5.41, 5.74) is 0.998. The molecule has 0 unspecified atom stereocenters. The number of nitrogens with one attached hydrogen (secondary N) is 2. The van der Waals surface area contributed by atoms with Gasteiger partial charge in [-0.15, -0.1) is 0 Å². The van der Waals surface area contributed by atoms with Crippen molar-refractivity contribution in [3.8, 4) is 0 Å². The molecule has 0 heterocycles. The van der Waals surface area contributed by atoms with Crippen LogP contribution in [0.25, 0.3) is 0 Å². The number of hydrogen-bond acceptors (Lipinski definition) is 3. The first-order chi connectivity index (χ1) is 11.9. The number of hydrogen-bond donors (Lipinski definition) is 2. The molecule has 0 spiro atoms. The molecule has 0 aliphatic carbocycles. The summed E-state index contributed by atoms with van der Waals surface area (Å²) in [5, 5.41) is 3.27. The van der Waals surface area contributed by atoms with Crippen molar-refractivity contribution in [2.75, 3.05) is 6.54 Å². The van der Waals surface area contributed by atoms with Crippen LogP contribution in [0.15, 0.2) is 53.4 Å². The molecule has 0 aliphatic rings. The SMILES string of the molecule is CCCCNC(=O)c1cccc(S(=O)(=O)NCc2ccccc2Cl)c1. The number of amides is 1. The first-order valence-electron chi connectivity index (χ1n) is 8.05. The Labute approximate surface area is 153 Å². The van der Waals surface area contributed by atoms with Crippen molar-refractivity contribution >= 4 is 27.5 Å². The molecule has 0 aliphatic heterocycles. The van der Waals surface area contributed by atoms with Gasteiger partial charge < -0.3 is 5.32 Å². The molecule has 0 aromatic heterocycles. The quantitative estimate of drug-likeness (QED) is 0.689. The molecule has 2 rings (SSSR count). The first-order valence-corrected chi connectivity index (χ1v) is 9.91. The fourth-order valence-corrected chi connectivity index (χ4v) is 3.44. The average molecular weight is 381 g/mol. The molecular formula is C18H21ClN2O3S. The molecule has 0 fully saturated rings. The molecule has 0 bridgehead atoms. The number of rotatable bonds is 8. The van der Waals surface area contributed by atoms with Crippen molar-refractivity contribution in [2.45, 2.75) is 31.2 Å². The van der Waals surface area contributed by atoms with E-state index in [1.165, 1.54) is 12.1 Å². The van der Waals surface area contributed by atoms with Crippen molar-refractivity contribution in [1.82, 2.24) is 10.0 Å². The topological polar surface area (TPSA) is 75.3 Å². The Morgan fingerprint density at radius 1 is 1.12 bits per heavy atom. The highest BCUT2D eigenvalue weighted by Gasteiger charge is 2.16. The lowest BCUT2D eigenvalue weighted by Crippen LogP contribution is -2.26. The summed E-state index contributed by atoms with van der Waals surface area (Å²) in [4.78, 5) is 12.1. The zero-order valence-corrected chi connectivity index (χ0v) is 15.5. The van der Waals surface area contributed by atoms with Crippen LogP contribution in [-0.2, 0) is 16.6 Å². The summed E-state index contributed by atoms with van der Waals surface area (Å²) < 4.78 is 27.4. The second kappa shape index (κ2) is 8.99. The van der Waals surface area contributed by atoms with Gasteiger partial charge in [0.25, 0.3) is 5.91 Å². The van der Waals surface area contributed by atoms with E-state index in [0.717, 1.165) is 12.8 Å². The summed E-state index contributed by atoms with van der Waals surface area (Å²) in [7, 11) is -3.75. The lowest BCUT2D eigenvalue weighted by atomic mass is 10.2. The molecule has 1 amide bonds. The Kier molecular flexibility index (Phi) is 6.99. The monoisotopic (exact) mass is 380 g/mol. The van der Waals surface area contributed by atoms with Crippen molar-refractivity contribution < 1.29 is 13.2 Å². The zero-order chi connectivity index (χ0) is 18.3. The van der Waals surface area contributed by atoms with E-state index >= 15 is 0 Å². The van der Waals surface area contributed by atoms with E-state index in [9.17, 15) is 13.2 Å². The Bertz CT molecular complexity index is 838. The third kappa shape index (κ3) is 5.56. The summed E-state index contributed by atoms with van der Waals surface area (Å²) in [6.07, 6.45) is 1.85. The van der Waals surface area contributed by atoms with Crippen LogP contribution in [0, 0.1) is 0 Å². The van der Waals surface area contributed by atoms with Crippen LogP contribution < -0.4 is 10.0 Å². The molecular weight excluding hydrogens is 360 g/mol. The number of unbranched alkanes of at least 4 members (excludes halogenated alkanes) is 1. The van der Waals surface area contributed by atoms with E-state index in [1.807, 2.05) is 6.92 Å². The molecule has 0 atom stereocenters. The minimum absolute atomic E-state index is 0.0442. The van der Waals surface area contributed by atoms with Crippen molar-refractivity contribution in [3.05, 3.63) is 64.7 Å². The van der Waals surface area contributed by atoms with E-state index in [0.29, 0.717) is 22.7 Å². The number of carbonyl (C=O) groups is 1. The van der Waals surface area contributed by atoms with Gasteiger partial charge in [0.2, 0.25) is 10.0 Å². The van der Waals surface area contributed by atoms with E-state index < -0.39 is 10.0 Å². The highest BCUT2D eigenvalue weighted by molar-refractivity contribution is 7.89. The van der Waals surface area contributed by atoms with Gasteiger partial charge in [-0.3, -0.25) is 4.79 Å². The molecule has 5 nitrogen and oxygen atoms in total. The number of benzene rings is 2. The maximum Gasteiger partial charge on any atom is 0.251 e. The minimum atomic E-state index is -3.75. The molecule has 0 saturated carbocycles. The Morgan fingerprint density at radius 3 is 2.60 bits per heavy atom. The summed E-state index contributed by atoms with van der Waals surface area (Å²) in [6, 6.07) is 13.0. The van der Waals surface area contributed by atoms with E-state index in [2.05, 4.69) is 10.0 Å². The van der Waals surface area contributed by atoms with Crippen molar-refractivity contribution in [1.29, 1.82) is 0 Å². The molecule has 7 heteroatoms. The lowest BCUT2D eigenvalue weighted by Gasteiger charge is -2.10. The lowest BCUT2D eigenvalue weighted by molar-refractivity contribution is 0.0953. The van der Waals surface area contributed by atoms with E-state index in [4.69, 9.17) is 11.6 Å². The van der Waals surface area contributed by atoms with Gasteiger partial charge in [-0.25, -0.2) is 13.1 Å². The van der Waals surface area contributed by atoms with Crippen molar-refractivity contribution in [2.24, 2.45) is 0 Å². The Morgan fingerprint density at radius 2 is 1.88 bits per heavy atom. The Hall–Kier alpha value is -1.89. The van der Waals surface area contributed by atoms with Crippen LogP contribution in [0.4, 0.5) is 0 Å². The van der Waals surface area contributed by atoms with E-state index in [1.54, 1.807) is 36.4 Å². The minimum Gasteiger partial charge on any atom is -0.352 e. The highest BCUT2D eigenvalue weighted by Crippen LogP contribution is 2.16. The van der Waals surface area contributed by atoms with Gasteiger partial charge in [-0.2, -0.15) is 0 Å². The summed E-state index contributed by atoms with van der Waals surface area (Å²) >= 11 is 6.04. The van der Waals surface area contributed by atoms with Gasteiger partial charge in [-0.05, 0) is 36.2 Å². The van der Waals surface area contributed by atoms with Crippen LogP contribution in [0.5, 0.6) is 0 Å². The number of halogens is 1. The first kappa shape index (κ1) is 19.4. The van der Waals surface area contributed by atoms with Gasteiger partial charge in [0.15, 0.2) is 0 Å². The fraction of sp³-hybridized carbons (Fsp3) is 0.278. The van der Waals surface area contributed by atoms with Crippen LogP contribution >= 0.6 is 11.6 Å². The van der Waals surface area contributed by atoms with Gasteiger partial charge in [0.05, 0.1) is 4.90 Å². The fourth-order valence-electron chi connectivity index (χ4n) is 2.18. The third-order valence-electron chi connectivity index (χ3n) is 3.63. The normalized spacial score (nSPS) is 11.3. The van der Waals surface area contributed by atoms with Crippen LogP contribution in [0.3, 0.4) is 0 Å². The second-order valence-electron chi connectivity index (χ2n) is 5.55. The predicted octanol–water partition coefficient (Wildman–Crippen LogP) is 3.35. The molecule has 25 heavy (non-hydrogen) atoms. The van der Waals surface area contributed by atoms with E-state index in [-0.39, 0.29) is 17.3 Å². The standard InChI is InChI=1S/C18H21ClN2O3S/c1-2-3-11-20-18(22)14-8-6-9-16(12-14)25(23,24)21-13-15-7-4-5-10-17(15)19/h4-10,12,21H,2-3,11,13H2,1H3,(H,20,22). The smallest absolute Gasteiger partial charge is 0.251 e. The van der Waals surface area contributed by atoms with Crippen LogP contribution in [0.2, 0.25) is 5.02 Å². The molecule has 134 valence electrons.